The van der Waals surface area contributed by atoms with Gasteiger partial charge in [0.25, 0.3) is 0 Å². The van der Waals surface area contributed by atoms with E-state index in [4.69, 9.17) is 9.84 Å². The monoisotopic (exact) mass is 264 g/mol. The Morgan fingerprint density at radius 2 is 2.26 bits per heavy atom. The number of fused-ring (bicyclic) bond motifs is 1. The van der Waals surface area contributed by atoms with Crippen molar-refractivity contribution in [3.8, 4) is 0 Å². The molecule has 19 heavy (non-hydrogen) atoms. The molecule has 0 fully saturated rings. The number of aromatic carboxylic acids is 1. The van der Waals surface area contributed by atoms with Crippen LogP contribution >= 0.6 is 0 Å². The zero-order valence-corrected chi connectivity index (χ0v) is 10.7. The maximum atomic E-state index is 12.0. The minimum absolute atomic E-state index is 0.190. The lowest BCUT2D eigenvalue weighted by Gasteiger charge is -2.18. The molecule has 1 aliphatic heterocycles. The number of nitrogens with one attached hydrogen (secondary N) is 1. The number of ether oxygens (including phenoxy) is 1. The van der Waals surface area contributed by atoms with Crippen LogP contribution in [0.25, 0.3) is 0 Å². The molecule has 0 spiro atoms. The van der Waals surface area contributed by atoms with Crippen molar-refractivity contribution in [2.45, 2.75) is 6.42 Å². The van der Waals surface area contributed by atoms with Crippen LogP contribution in [-0.2, 0) is 11.2 Å². The molecule has 0 unspecified atom stereocenters. The largest absolute Gasteiger partial charge is 0.478 e. The molecule has 1 heterocycles. The van der Waals surface area contributed by atoms with Gasteiger partial charge in [-0.25, -0.2) is 9.59 Å². The van der Waals surface area contributed by atoms with Gasteiger partial charge in [0, 0.05) is 25.9 Å². The number of rotatable bonds is 4. The van der Waals surface area contributed by atoms with E-state index in [0.29, 0.717) is 25.4 Å². The molecule has 1 aromatic carbocycles. The van der Waals surface area contributed by atoms with Crippen molar-refractivity contribution in [2.75, 3.05) is 31.7 Å². The molecular weight excluding hydrogens is 248 g/mol. The number of benzene rings is 1. The van der Waals surface area contributed by atoms with Crippen molar-refractivity contribution in [2.24, 2.45) is 0 Å². The lowest BCUT2D eigenvalue weighted by atomic mass is 10.1. The number of methoxy groups -OCH3 is 1. The lowest BCUT2D eigenvalue weighted by Crippen LogP contribution is -2.40. The minimum atomic E-state index is -0.991. The van der Waals surface area contributed by atoms with Crippen LogP contribution in [-0.4, -0.2) is 43.9 Å². The van der Waals surface area contributed by atoms with Gasteiger partial charge in [-0.15, -0.1) is 0 Å². The van der Waals surface area contributed by atoms with Gasteiger partial charge >= 0.3 is 12.0 Å². The second-order valence-electron chi connectivity index (χ2n) is 4.28. The molecule has 2 rings (SSSR count). The maximum absolute atomic E-state index is 12.0. The quantitative estimate of drug-likeness (QED) is 0.798. The summed E-state index contributed by atoms with van der Waals surface area (Å²) in [5, 5.41) is 11.7. The van der Waals surface area contributed by atoms with Crippen molar-refractivity contribution in [3.63, 3.8) is 0 Å². The van der Waals surface area contributed by atoms with E-state index < -0.39 is 5.97 Å². The average molecular weight is 264 g/mol. The predicted molar refractivity (Wildman–Crippen MR) is 69.7 cm³/mol. The van der Waals surface area contributed by atoms with Crippen LogP contribution in [0.3, 0.4) is 0 Å². The van der Waals surface area contributed by atoms with Crippen LogP contribution in [0.5, 0.6) is 0 Å². The summed E-state index contributed by atoms with van der Waals surface area (Å²) in [6.07, 6.45) is 0.743. The molecule has 0 saturated heterocycles. The fourth-order valence-electron chi connectivity index (χ4n) is 2.08. The fraction of sp³-hybridized carbons (Fsp3) is 0.385. The molecule has 2 N–H and O–H groups in total. The zero-order chi connectivity index (χ0) is 13.8. The van der Waals surface area contributed by atoms with Crippen molar-refractivity contribution < 1.29 is 19.4 Å². The van der Waals surface area contributed by atoms with Gasteiger partial charge in [-0.2, -0.15) is 0 Å². The number of nitrogens with zero attached hydrogens (tertiary/aromatic N) is 1. The molecule has 0 aliphatic carbocycles. The van der Waals surface area contributed by atoms with E-state index in [-0.39, 0.29) is 11.6 Å². The van der Waals surface area contributed by atoms with Gasteiger partial charge in [0.05, 0.1) is 12.2 Å². The number of carboxylic acid groups (broad SMARTS) is 1. The number of carboxylic acids is 1. The molecule has 1 aliphatic rings. The Morgan fingerprint density at radius 1 is 1.47 bits per heavy atom. The Hall–Kier alpha value is -2.08. The second kappa shape index (κ2) is 5.71. The van der Waals surface area contributed by atoms with E-state index in [1.165, 1.54) is 0 Å². The van der Waals surface area contributed by atoms with E-state index in [1.54, 1.807) is 30.2 Å². The van der Waals surface area contributed by atoms with Gasteiger partial charge in [-0.1, -0.05) is 6.07 Å². The predicted octanol–water partition coefficient (Wildman–Crippen LogP) is 1.10. The third-order valence-electron chi connectivity index (χ3n) is 3.06. The van der Waals surface area contributed by atoms with E-state index in [2.05, 4.69) is 5.32 Å². The van der Waals surface area contributed by atoms with E-state index in [9.17, 15) is 9.59 Å². The maximum Gasteiger partial charge on any atom is 0.335 e. The first-order valence-electron chi connectivity index (χ1n) is 6.04. The Labute approximate surface area is 111 Å². The lowest BCUT2D eigenvalue weighted by molar-refractivity contribution is 0.0697. The summed E-state index contributed by atoms with van der Waals surface area (Å²) in [6, 6.07) is 4.65. The molecule has 0 radical (unpaired) electrons. The molecule has 102 valence electrons. The number of amides is 2. The first-order valence-corrected chi connectivity index (χ1v) is 6.04. The molecule has 0 bridgehead atoms. The van der Waals surface area contributed by atoms with Gasteiger partial charge < -0.3 is 15.2 Å². The number of carbonyl (C=O) groups is 2. The zero-order valence-electron chi connectivity index (χ0n) is 10.7. The Balaban J connectivity index is 2.13. The van der Waals surface area contributed by atoms with Gasteiger partial charge in [-0.3, -0.25) is 4.90 Å². The number of anilines is 1. The van der Waals surface area contributed by atoms with Crippen LogP contribution in [0.2, 0.25) is 0 Å². The summed E-state index contributed by atoms with van der Waals surface area (Å²) >= 11 is 0. The molecule has 0 atom stereocenters. The molecule has 6 nitrogen and oxygen atoms in total. The highest BCUT2D eigenvalue weighted by Crippen LogP contribution is 2.29. The van der Waals surface area contributed by atoms with E-state index in [0.717, 1.165) is 12.0 Å². The summed E-state index contributed by atoms with van der Waals surface area (Å²) in [5.41, 5.74) is 1.86. The average Bonchev–Trinajstić information content (AvgIpc) is 2.81. The number of urea groups is 1. The van der Waals surface area contributed by atoms with Crippen molar-refractivity contribution in [1.82, 2.24) is 5.32 Å². The van der Waals surface area contributed by atoms with Gasteiger partial charge in [0.15, 0.2) is 0 Å². The normalized spacial score (nSPS) is 13.2. The molecule has 0 aromatic heterocycles. The van der Waals surface area contributed by atoms with Crippen LogP contribution in [0, 0.1) is 0 Å². The summed E-state index contributed by atoms with van der Waals surface area (Å²) in [5.74, 6) is -0.991. The minimum Gasteiger partial charge on any atom is -0.478 e. The topological polar surface area (TPSA) is 78.9 Å². The molecule has 0 saturated carbocycles. The SMILES string of the molecule is COCCNC(=O)N1CCc2ccc(C(=O)O)cc21. The first kappa shape index (κ1) is 13.4. The highest BCUT2D eigenvalue weighted by molar-refractivity contribution is 5.96. The van der Waals surface area contributed by atoms with Crippen molar-refractivity contribution in [1.29, 1.82) is 0 Å². The highest BCUT2D eigenvalue weighted by Gasteiger charge is 2.25. The second-order valence-corrected chi connectivity index (χ2v) is 4.28. The van der Waals surface area contributed by atoms with Crippen LogP contribution in [0.15, 0.2) is 18.2 Å². The number of carbonyl (C=O) groups excluding carboxylic acids is 1. The fourth-order valence-corrected chi connectivity index (χ4v) is 2.08. The third-order valence-corrected chi connectivity index (χ3v) is 3.06. The Morgan fingerprint density at radius 3 is 2.95 bits per heavy atom. The standard InChI is InChI=1S/C13H16N2O4/c1-19-7-5-14-13(18)15-6-4-9-2-3-10(12(16)17)8-11(9)15/h2-3,8H,4-7H2,1H3,(H,14,18)(H,16,17). The van der Waals surface area contributed by atoms with Crippen LogP contribution in [0.1, 0.15) is 15.9 Å². The van der Waals surface area contributed by atoms with Crippen LogP contribution in [0.4, 0.5) is 10.5 Å². The highest BCUT2D eigenvalue weighted by atomic mass is 16.5. The van der Waals surface area contributed by atoms with Crippen LogP contribution < -0.4 is 10.2 Å². The number of hydrogen-bond donors (Lipinski definition) is 2. The van der Waals surface area contributed by atoms with Crippen molar-refractivity contribution in [3.05, 3.63) is 29.3 Å². The Kier molecular flexibility index (Phi) is 4.01. The van der Waals surface area contributed by atoms with E-state index >= 15 is 0 Å². The number of hydrogen-bond acceptors (Lipinski definition) is 3. The molecule has 1 aromatic rings. The molecular formula is C13H16N2O4. The smallest absolute Gasteiger partial charge is 0.335 e. The Bertz CT molecular complexity index is 501. The molecule has 2 amide bonds. The summed E-state index contributed by atoms with van der Waals surface area (Å²) in [7, 11) is 1.57. The summed E-state index contributed by atoms with van der Waals surface area (Å²) < 4.78 is 4.86. The van der Waals surface area contributed by atoms with Gasteiger partial charge in [0.2, 0.25) is 0 Å². The third kappa shape index (κ3) is 2.85. The van der Waals surface area contributed by atoms with Gasteiger partial charge in [-0.05, 0) is 24.1 Å². The first-order chi connectivity index (χ1) is 9.13. The van der Waals surface area contributed by atoms with Crippen molar-refractivity contribution >= 4 is 17.7 Å². The molecule has 6 heteroatoms. The summed E-state index contributed by atoms with van der Waals surface area (Å²) in [4.78, 5) is 24.5. The van der Waals surface area contributed by atoms with Gasteiger partial charge in [0.1, 0.15) is 0 Å². The summed E-state index contributed by atoms with van der Waals surface area (Å²) in [6.45, 7) is 1.44. The van der Waals surface area contributed by atoms with E-state index in [1.807, 2.05) is 0 Å².